The Morgan fingerprint density at radius 3 is 2.42 bits per heavy atom. The van der Waals surface area contributed by atoms with E-state index in [1.54, 1.807) is 27.7 Å². The van der Waals surface area contributed by atoms with Crippen LogP contribution in [0.15, 0.2) is 24.4 Å². The number of hydrogen-bond acceptors (Lipinski definition) is 5. The van der Waals surface area contributed by atoms with Crippen LogP contribution < -0.4 is 5.73 Å². The number of H-pyrrole nitrogens is 1. The molecule has 1 unspecified atom stereocenters. The lowest BCUT2D eigenvalue weighted by atomic mass is 9.90. The van der Waals surface area contributed by atoms with Gasteiger partial charge in [-0.2, -0.15) is 0 Å². The molecular formula is C20H28N2O4. The minimum Gasteiger partial charge on any atom is -0.463 e. The maximum Gasteiger partial charge on any atom is 0.314 e. The second-order valence-corrected chi connectivity index (χ2v) is 6.90. The molecule has 2 aromatic rings. The topological polar surface area (TPSA) is 94.4 Å². The van der Waals surface area contributed by atoms with Crippen LogP contribution in [0.5, 0.6) is 0 Å². The summed E-state index contributed by atoms with van der Waals surface area (Å²) in [5.74, 6) is -1.56. The molecule has 1 aromatic heterocycles. The van der Waals surface area contributed by atoms with Crippen molar-refractivity contribution < 1.29 is 19.1 Å². The zero-order valence-corrected chi connectivity index (χ0v) is 15.9. The maximum atomic E-state index is 12.7. The van der Waals surface area contributed by atoms with Gasteiger partial charge in [0.15, 0.2) is 0 Å². The molecule has 1 heterocycles. The molecule has 0 amide bonds. The van der Waals surface area contributed by atoms with Crippen LogP contribution >= 0.6 is 0 Å². The van der Waals surface area contributed by atoms with E-state index in [9.17, 15) is 9.59 Å². The summed E-state index contributed by atoms with van der Waals surface area (Å²) in [6.07, 6.45) is 2.02. The molecule has 0 aliphatic rings. The third-order valence-electron chi connectivity index (χ3n) is 3.98. The quantitative estimate of drug-likeness (QED) is 0.706. The molecule has 0 bridgehead atoms. The Morgan fingerprint density at radius 2 is 1.81 bits per heavy atom. The number of esters is 2. The van der Waals surface area contributed by atoms with Gasteiger partial charge in [-0.3, -0.25) is 9.59 Å². The van der Waals surface area contributed by atoms with E-state index < -0.39 is 17.9 Å². The zero-order chi connectivity index (χ0) is 19.3. The molecule has 6 nitrogen and oxygen atoms in total. The number of ether oxygens (including phenoxy) is 2. The van der Waals surface area contributed by atoms with E-state index in [2.05, 4.69) is 4.98 Å². The van der Waals surface area contributed by atoms with Gasteiger partial charge < -0.3 is 20.2 Å². The van der Waals surface area contributed by atoms with E-state index in [1.165, 1.54) is 0 Å². The van der Waals surface area contributed by atoms with E-state index in [-0.39, 0.29) is 18.6 Å². The van der Waals surface area contributed by atoms with Gasteiger partial charge in [0.1, 0.15) is 0 Å². The van der Waals surface area contributed by atoms with Crippen LogP contribution in [-0.4, -0.2) is 35.7 Å². The Labute approximate surface area is 154 Å². The summed E-state index contributed by atoms with van der Waals surface area (Å²) in [6.45, 7) is 7.64. The predicted molar refractivity (Wildman–Crippen MR) is 101 cm³/mol. The Bertz CT molecular complexity index is 764. The summed E-state index contributed by atoms with van der Waals surface area (Å²) >= 11 is 0. The number of nitrogens with one attached hydrogen (secondary N) is 1. The van der Waals surface area contributed by atoms with Crippen molar-refractivity contribution in [2.24, 2.45) is 5.73 Å². The molecule has 0 saturated carbocycles. The highest BCUT2D eigenvalue weighted by atomic mass is 16.5. The predicted octanol–water partition coefficient (Wildman–Crippen LogP) is 3.05. The van der Waals surface area contributed by atoms with E-state index in [0.29, 0.717) is 13.0 Å². The number of nitrogens with two attached hydrogens (primary N) is 1. The average molecular weight is 360 g/mol. The summed E-state index contributed by atoms with van der Waals surface area (Å²) in [5.41, 5.74) is 8.41. The van der Waals surface area contributed by atoms with Crippen LogP contribution in [0.1, 0.15) is 51.2 Å². The van der Waals surface area contributed by atoms with Crippen LogP contribution in [0, 0.1) is 0 Å². The lowest BCUT2D eigenvalue weighted by Crippen LogP contribution is -2.24. The van der Waals surface area contributed by atoms with Gasteiger partial charge in [-0.15, -0.1) is 0 Å². The molecular weight excluding hydrogens is 332 g/mol. The monoisotopic (exact) mass is 360 g/mol. The summed E-state index contributed by atoms with van der Waals surface area (Å²) < 4.78 is 10.7. The third kappa shape index (κ3) is 4.85. The van der Waals surface area contributed by atoms with Gasteiger partial charge in [-0.25, -0.2) is 0 Å². The van der Waals surface area contributed by atoms with Crippen LogP contribution in [0.25, 0.3) is 10.9 Å². The number of aromatic amines is 1. The van der Waals surface area contributed by atoms with Gasteiger partial charge in [0.25, 0.3) is 0 Å². The van der Waals surface area contributed by atoms with Crippen molar-refractivity contribution in [3.8, 4) is 0 Å². The number of benzene rings is 1. The van der Waals surface area contributed by atoms with Crippen LogP contribution in [0.3, 0.4) is 0 Å². The molecule has 0 aliphatic carbocycles. The first-order valence-electron chi connectivity index (χ1n) is 9.02. The number of carbonyl (C=O) groups excluding carboxylic acids is 2. The number of rotatable bonds is 8. The largest absolute Gasteiger partial charge is 0.463 e. The van der Waals surface area contributed by atoms with Crippen molar-refractivity contribution in [1.82, 2.24) is 4.98 Å². The number of fused-ring (bicyclic) bond motifs is 1. The summed E-state index contributed by atoms with van der Waals surface area (Å²) in [4.78, 5) is 28.2. The fraction of sp³-hybridized carbons (Fsp3) is 0.500. The number of hydrogen-bond donors (Lipinski definition) is 2. The van der Waals surface area contributed by atoms with Crippen molar-refractivity contribution in [3.05, 3.63) is 35.5 Å². The van der Waals surface area contributed by atoms with E-state index in [1.807, 2.05) is 24.4 Å². The first-order chi connectivity index (χ1) is 12.3. The Hall–Kier alpha value is -2.34. The van der Waals surface area contributed by atoms with Crippen molar-refractivity contribution in [1.29, 1.82) is 0 Å². The Kier molecular flexibility index (Phi) is 6.80. The lowest BCUT2D eigenvalue weighted by molar-refractivity contribution is -0.156. The van der Waals surface area contributed by atoms with Crippen molar-refractivity contribution in [2.45, 2.75) is 58.7 Å². The molecule has 2 rings (SSSR count). The maximum absolute atomic E-state index is 12.7. The van der Waals surface area contributed by atoms with Crippen molar-refractivity contribution in [3.63, 3.8) is 0 Å². The van der Waals surface area contributed by atoms with E-state index in [0.717, 1.165) is 22.0 Å². The fourth-order valence-electron chi connectivity index (χ4n) is 3.04. The molecule has 1 atom stereocenters. The summed E-state index contributed by atoms with van der Waals surface area (Å²) in [5, 5.41) is 0.931. The van der Waals surface area contributed by atoms with Crippen LogP contribution in [-0.2, 0) is 25.5 Å². The average Bonchev–Trinajstić information content (AvgIpc) is 2.95. The molecule has 1 aromatic carbocycles. The molecule has 0 saturated heterocycles. The van der Waals surface area contributed by atoms with Gasteiger partial charge in [0.2, 0.25) is 0 Å². The van der Waals surface area contributed by atoms with Gasteiger partial charge in [0.05, 0.1) is 24.5 Å². The number of aromatic nitrogens is 1. The van der Waals surface area contributed by atoms with Gasteiger partial charge >= 0.3 is 11.9 Å². The summed E-state index contributed by atoms with van der Waals surface area (Å²) in [6, 6.07) is 5.67. The number of carbonyl (C=O) groups is 2. The molecule has 142 valence electrons. The molecule has 0 fully saturated rings. The second-order valence-electron chi connectivity index (χ2n) is 6.90. The second kappa shape index (κ2) is 8.85. The van der Waals surface area contributed by atoms with Gasteiger partial charge in [-0.1, -0.05) is 12.1 Å². The SMILES string of the molecule is CC(C)OC(=O)CC(C(=O)OC(C)C)c1cccc2[nH]cc(CCN)c12. The van der Waals surface area contributed by atoms with Crippen LogP contribution in [0.4, 0.5) is 0 Å². The first kappa shape index (κ1) is 20.0. The molecule has 0 radical (unpaired) electrons. The van der Waals surface area contributed by atoms with E-state index in [4.69, 9.17) is 15.2 Å². The molecule has 3 N–H and O–H groups in total. The standard InChI is InChI=1S/C20H28N2O4/c1-12(2)25-18(23)10-16(20(24)26-13(3)4)15-6-5-7-17-19(15)14(8-9-21)11-22-17/h5-7,11-13,16,22H,8-10,21H2,1-4H3. The minimum atomic E-state index is -0.723. The zero-order valence-electron chi connectivity index (χ0n) is 15.9. The Morgan fingerprint density at radius 1 is 1.12 bits per heavy atom. The fourth-order valence-corrected chi connectivity index (χ4v) is 3.04. The normalized spacial score (nSPS) is 12.6. The highest BCUT2D eigenvalue weighted by molar-refractivity contribution is 5.94. The molecule has 26 heavy (non-hydrogen) atoms. The van der Waals surface area contributed by atoms with Crippen LogP contribution in [0.2, 0.25) is 0 Å². The molecule has 0 aliphatic heterocycles. The van der Waals surface area contributed by atoms with E-state index >= 15 is 0 Å². The Balaban J connectivity index is 2.47. The highest BCUT2D eigenvalue weighted by Crippen LogP contribution is 2.32. The van der Waals surface area contributed by atoms with Crippen molar-refractivity contribution >= 4 is 22.8 Å². The lowest BCUT2D eigenvalue weighted by Gasteiger charge is -2.20. The smallest absolute Gasteiger partial charge is 0.314 e. The van der Waals surface area contributed by atoms with Gasteiger partial charge in [0, 0.05) is 17.1 Å². The minimum absolute atomic E-state index is 0.0594. The highest BCUT2D eigenvalue weighted by Gasteiger charge is 2.29. The molecule has 6 heteroatoms. The van der Waals surface area contributed by atoms with Crippen molar-refractivity contribution in [2.75, 3.05) is 6.54 Å². The molecule has 0 spiro atoms. The summed E-state index contributed by atoms with van der Waals surface area (Å²) in [7, 11) is 0. The first-order valence-corrected chi connectivity index (χ1v) is 9.02. The third-order valence-corrected chi connectivity index (χ3v) is 3.98. The van der Waals surface area contributed by atoms with Gasteiger partial charge in [-0.05, 0) is 57.9 Å².